The third-order valence-corrected chi connectivity index (χ3v) is 1.29. The maximum atomic E-state index is 5.29. The first kappa shape index (κ1) is 17.1. The molecule has 11 heavy (non-hydrogen) atoms. The monoisotopic (exact) mass is 162 g/mol. The molecule has 0 saturated heterocycles. The largest absolute Gasteiger partial charge is 0.328 e. The Hall–Kier alpha value is -0.0800. The Kier molecular flexibility index (Phi) is 19.6. The van der Waals surface area contributed by atoms with E-state index in [2.05, 4.69) is 13.8 Å². The van der Waals surface area contributed by atoms with Gasteiger partial charge in [0.15, 0.2) is 0 Å². The first-order valence-electron chi connectivity index (χ1n) is 4.05. The second-order valence-electron chi connectivity index (χ2n) is 2.77. The van der Waals surface area contributed by atoms with Crippen molar-refractivity contribution in [2.24, 2.45) is 11.5 Å². The number of nitrogens with two attached hydrogens (primary N) is 2. The lowest BCUT2D eigenvalue weighted by molar-refractivity contribution is 0.714. The van der Waals surface area contributed by atoms with Crippen LogP contribution in [0.1, 0.15) is 48.0 Å². The molecule has 0 aromatic carbocycles. The summed E-state index contributed by atoms with van der Waals surface area (Å²) in [6.45, 7) is 8.15. The van der Waals surface area contributed by atoms with E-state index in [0.29, 0.717) is 12.1 Å². The van der Waals surface area contributed by atoms with Crippen molar-refractivity contribution in [1.82, 2.24) is 0 Å². The summed E-state index contributed by atoms with van der Waals surface area (Å²) in [4.78, 5) is 0. The standard InChI is InChI=1S/2C4H11N.CH4/c2*1-3-4(2)5;/h2*4H,3,5H2,1-2H3;1H4/t4-;;/m1../s1. The van der Waals surface area contributed by atoms with Gasteiger partial charge in [0.1, 0.15) is 0 Å². The van der Waals surface area contributed by atoms with Crippen LogP contribution in [0.5, 0.6) is 0 Å². The van der Waals surface area contributed by atoms with Gasteiger partial charge in [-0.2, -0.15) is 0 Å². The predicted molar refractivity (Wildman–Crippen MR) is 54.6 cm³/mol. The molecule has 0 aromatic heterocycles. The fourth-order valence-electron chi connectivity index (χ4n) is 0. The highest BCUT2D eigenvalue weighted by atomic mass is 14.6. The molecule has 0 aliphatic carbocycles. The molecular weight excluding hydrogens is 136 g/mol. The van der Waals surface area contributed by atoms with E-state index in [4.69, 9.17) is 11.5 Å². The zero-order valence-electron chi connectivity index (χ0n) is 7.72. The lowest BCUT2D eigenvalue weighted by Gasteiger charge is -1.91. The van der Waals surface area contributed by atoms with E-state index in [0.717, 1.165) is 12.8 Å². The normalized spacial score (nSPS) is 13.6. The second-order valence-corrected chi connectivity index (χ2v) is 2.77. The van der Waals surface area contributed by atoms with E-state index < -0.39 is 0 Å². The maximum Gasteiger partial charge on any atom is 0.000781 e. The van der Waals surface area contributed by atoms with Gasteiger partial charge in [0.05, 0.1) is 0 Å². The first-order valence-corrected chi connectivity index (χ1v) is 4.05. The van der Waals surface area contributed by atoms with Crippen LogP contribution in [0, 0.1) is 0 Å². The summed E-state index contributed by atoms with van der Waals surface area (Å²) >= 11 is 0. The van der Waals surface area contributed by atoms with Crippen LogP contribution in [0.25, 0.3) is 0 Å². The van der Waals surface area contributed by atoms with E-state index in [-0.39, 0.29) is 7.43 Å². The summed E-state index contributed by atoms with van der Waals surface area (Å²) in [5, 5.41) is 0. The van der Waals surface area contributed by atoms with Gasteiger partial charge < -0.3 is 11.5 Å². The maximum absolute atomic E-state index is 5.29. The first-order chi connectivity index (χ1) is 4.54. The van der Waals surface area contributed by atoms with Crippen molar-refractivity contribution in [2.75, 3.05) is 0 Å². The summed E-state index contributed by atoms with van der Waals surface area (Å²) in [6, 6.07) is 0.769. The Morgan fingerprint density at radius 3 is 1.00 bits per heavy atom. The molecule has 0 bridgehead atoms. The van der Waals surface area contributed by atoms with E-state index >= 15 is 0 Å². The molecule has 0 saturated carbocycles. The quantitative estimate of drug-likeness (QED) is 0.653. The molecule has 72 valence electrons. The summed E-state index contributed by atoms with van der Waals surface area (Å²) < 4.78 is 0. The van der Waals surface area contributed by atoms with Crippen molar-refractivity contribution in [1.29, 1.82) is 0 Å². The zero-order chi connectivity index (χ0) is 8.57. The molecule has 4 N–H and O–H groups in total. The second kappa shape index (κ2) is 12.6. The lowest BCUT2D eigenvalue weighted by atomic mass is 10.3. The highest BCUT2D eigenvalue weighted by molar-refractivity contribution is 4.43. The molecule has 0 amide bonds. The van der Waals surface area contributed by atoms with Crippen molar-refractivity contribution in [2.45, 2.75) is 60.0 Å². The molecule has 0 aromatic rings. The van der Waals surface area contributed by atoms with Gasteiger partial charge in [0.2, 0.25) is 0 Å². The van der Waals surface area contributed by atoms with Gasteiger partial charge in [0.25, 0.3) is 0 Å². The van der Waals surface area contributed by atoms with Gasteiger partial charge >= 0.3 is 0 Å². The molecule has 0 aliphatic rings. The van der Waals surface area contributed by atoms with Crippen LogP contribution in [0.15, 0.2) is 0 Å². The third kappa shape index (κ3) is 40.5. The minimum Gasteiger partial charge on any atom is -0.328 e. The van der Waals surface area contributed by atoms with Crippen LogP contribution in [0.4, 0.5) is 0 Å². The van der Waals surface area contributed by atoms with E-state index in [1.165, 1.54) is 0 Å². The Labute approximate surface area is 72.4 Å². The van der Waals surface area contributed by atoms with Gasteiger partial charge in [-0.25, -0.2) is 0 Å². The smallest absolute Gasteiger partial charge is 0.000781 e. The topological polar surface area (TPSA) is 52.0 Å². The van der Waals surface area contributed by atoms with E-state index in [1.54, 1.807) is 0 Å². The van der Waals surface area contributed by atoms with Gasteiger partial charge in [-0.3, -0.25) is 0 Å². The van der Waals surface area contributed by atoms with Crippen molar-refractivity contribution < 1.29 is 0 Å². The minimum absolute atomic E-state index is 0. The SMILES string of the molecule is C.CCC(C)N.CC[C@@H](C)N. The Morgan fingerprint density at radius 2 is 1.00 bits per heavy atom. The van der Waals surface area contributed by atoms with Crippen LogP contribution in [-0.2, 0) is 0 Å². The molecule has 1 unspecified atom stereocenters. The van der Waals surface area contributed by atoms with Gasteiger partial charge in [-0.05, 0) is 26.7 Å². The van der Waals surface area contributed by atoms with Crippen molar-refractivity contribution in [3.05, 3.63) is 0 Å². The fourth-order valence-corrected chi connectivity index (χ4v) is 0. The highest BCUT2D eigenvalue weighted by Crippen LogP contribution is 1.77. The van der Waals surface area contributed by atoms with E-state index in [1.807, 2.05) is 13.8 Å². The average molecular weight is 162 g/mol. The average Bonchev–Trinajstić information content (AvgIpc) is 1.89. The highest BCUT2D eigenvalue weighted by Gasteiger charge is 1.80. The molecule has 0 radical (unpaired) electrons. The molecule has 0 spiro atoms. The molecule has 2 heteroatoms. The molecule has 0 heterocycles. The summed E-state index contributed by atoms with van der Waals surface area (Å²) in [6.07, 6.45) is 2.17. The van der Waals surface area contributed by atoms with Gasteiger partial charge in [-0.1, -0.05) is 21.3 Å². The zero-order valence-corrected chi connectivity index (χ0v) is 7.72. The lowest BCUT2D eigenvalue weighted by Crippen LogP contribution is -2.11. The Morgan fingerprint density at radius 1 is 0.909 bits per heavy atom. The molecule has 0 aliphatic heterocycles. The summed E-state index contributed by atoms with van der Waals surface area (Å²) in [5.74, 6) is 0. The number of hydrogen-bond donors (Lipinski definition) is 2. The Bertz CT molecular complexity index is 43.5. The Balaban J connectivity index is -0.000000107. The number of rotatable bonds is 2. The summed E-state index contributed by atoms with van der Waals surface area (Å²) in [7, 11) is 0. The van der Waals surface area contributed by atoms with Crippen LogP contribution in [0.2, 0.25) is 0 Å². The third-order valence-electron chi connectivity index (χ3n) is 1.29. The van der Waals surface area contributed by atoms with Gasteiger partial charge in [-0.15, -0.1) is 0 Å². The van der Waals surface area contributed by atoms with Crippen molar-refractivity contribution >= 4 is 0 Å². The fraction of sp³-hybridized carbons (Fsp3) is 1.00. The molecular formula is C9H26N2. The summed E-state index contributed by atoms with van der Waals surface area (Å²) in [5.41, 5.74) is 10.6. The van der Waals surface area contributed by atoms with Crippen LogP contribution >= 0.6 is 0 Å². The molecule has 0 rings (SSSR count). The van der Waals surface area contributed by atoms with Crippen molar-refractivity contribution in [3.8, 4) is 0 Å². The molecule has 0 fully saturated rings. The van der Waals surface area contributed by atoms with Crippen LogP contribution in [-0.4, -0.2) is 12.1 Å². The van der Waals surface area contributed by atoms with Crippen LogP contribution in [0.3, 0.4) is 0 Å². The number of hydrogen-bond acceptors (Lipinski definition) is 2. The molecule has 2 atom stereocenters. The van der Waals surface area contributed by atoms with E-state index in [9.17, 15) is 0 Å². The molecule has 2 nitrogen and oxygen atoms in total. The van der Waals surface area contributed by atoms with Crippen LogP contribution < -0.4 is 11.5 Å². The predicted octanol–water partition coefficient (Wildman–Crippen LogP) is 2.12. The minimum atomic E-state index is 0. The van der Waals surface area contributed by atoms with Crippen molar-refractivity contribution in [3.63, 3.8) is 0 Å². The van der Waals surface area contributed by atoms with Gasteiger partial charge in [0, 0.05) is 12.1 Å².